The third kappa shape index (κ3) is 5.14. The molecule has 0 aliphatic carbocycles. The average molecular weight is 520 g/mol. The van der Waals surface area contributed by atoms with Crippen molar-refractivity contribution in [2.75, 3.05) is 26.8 Å². The van der Waals surface area contributed by atoms with Crippen LogP contribution in [-0.2, 0) is 11.3 Å². The zero-order chi connectivity index (χ0) is 27.2. The second-order valence-electron chi connectivity index (χ2n) is 8.25. The lowest BCUT2D eigenvalue weighted by molar-refractivity contribution is -0.387. The van der Waals surface area contributed by atoms with Crippen molar-refractivity contribution in [3.8, 4) is 23.2 Å². The molecule has 0 unspecified atom stereocenters. The molecule has 0 amide bonds. The van der Waals surface area contributed by atoms with Crippen molar-refractivity contribution in [2.45, 2.75) is 27.3 Å². The number of para-hydroxylation sites is 1. The van der Waals surface area contributed by atoms with Gasteiger partial charge in [0.25, 0.3) is 0 Å². The van der Waals surface area contributed by atoms with E-state index in [9.17, 15) is 14.9 Å². The number of nitrogens with zero attached hydrogens (tertiary/aromatic N) is 5. The Kier molecular flexibility index (Phi) is 8.17. The lowest BCUT2D eigenvalue weighted by Crippen LogP contribution is -2.25. The number of carbonyl (C=O) groups is 1. The molecule has 0 saturated carbocycles. The third-order valence-electron chi connectivity index (χ3n) is 6.14. The van der Waals surface area contributed by atoms with Crippen molar-refractivity contribution in [2.24, 2.45) is 0 Å². The Morgan fingerprint density at radius 1 is 1.05 bits per heavy atom. The van der Waals surface area contributed by atoms with E-state index in [4.69, 9.17) is 14.2 Å². The number of rotatable bonds is 11. The van der Waals surface area contributed by atoms with E-state index in [-0.39, 0.29) is 24.1 Å². The van der Waals surface area contributed by atoms with Gasteiger partial charge in [-0.1, -0.05) is 32.0 Å². The van der Waals surface area contributed by atoms with Crippen molar-refractivity contribution >= 4 is 22.6 Å². The predicted octanol–water partition coefficient (Wildman–Crippen LogP) is 5.15. The number of hydrogen-bond acceptors (Lipinski definition) is 9. The van der Waals surface area contributed by atoms with E-state index in [1.807, 2.05) is 41.0 Å². The van der Waals surface area contributed by atoms with Crippen LogP contribution in [0.15, 0.2) is 54.9 Å². The highest BCUT2D eigenvalue weighted by Crippen LogP contribution is 2.38. The summed E-state index contributed by atoms with van der Waals surface area (Å²) in [5, 5.41) is 12.3. The van der Waals surface area contributed by atoms with E-state index in [2.05, 4.69) is 28.7 Å². The van der Waals surface area contributed by atoms with Crippen LogP contribution in [0, 0.1) is 10.1 Å². The zero-order valence-corrected chi connectivity index (χ0v) is 21.7. The number of nitro groups is 1. The minimum Gasteiger partial charge on any atom is -0.476 e. The topological polar surface area (TPSA) is 122 Å². The lowest BCUT2D eigenvalue weighted by Gasteiger charge is -2.21. The molecule has 0 fully saturated rings. The first kappa shape index (κ1) is 26.6. The van der Waals surface area contributed by atoms with Gasteiger partial charge in [0.15, 0.2) is 0 Å². The van der Waals surface area contributed by atoms with Gasteiger partial charge < -0.3 is 18.8 Å². The number of fused-ring (bicyclic) bond motifs is 1. The van der Waals surface area contributed by atoms with E-state index in [1.54, 1.807) is 19.1 Å². The van der Waals surface area contributed by atoms with Gasteiger partial charge in [0, 0.05) is 17.6 Å². The van der Waals surface area contributed by atoms with E-state index in [0.29, 0.717) is 17.5 Å². The fraction of sp³-hybridized carbons (Fsp3) is 0.296. The maximum absolute atomic E-state index is 13.4. The van der Waals surface area contributed by atoms with Gasteiger partial charge in [0.05, 0.1) is 35.4 Å². The second kappa shape index (κ2) is 11.7. The Balaban J connectivity index is 1.95. The van der Waals surface area contributed by atoms with E-state index in [0.717, 1.165) is 36.3 Å². The van der Waals surface area contributed by atoms with Crippen molar-refractivity contribution in [1.29, 1.82) is 0 Å². The van der Waals surface area contributed by atoms with Crippen LogP contribution in [0.4, 0.5) is 5.69 Å². The molecule has 11 nitrogen and oxygen atoms in total. The Morgan fingerprint density at radius 2 is 1.76 bits per heavy atom. The van der Waals surface area contributed by atoms with Crippen LogP contribution in [0.5, 0.6) is 17.5 Å². The van der Waals surface area contributed by atoms with E-state index >= 15 is 0 Å². The largest absolute Gasteiger partial charge is 0.476 e. The van der Waals surface area contributed by atoms with Gasteiger partial charge in [-0.05, 0) is 50.3 Å². The fourth-order valence-electron chi connectivity index (χ4n) is 4.34. The molecule has 0 radical (unpaired) electrons. The predicted molar refractivity (Wildman–Crippen MR) is 141 cm³/mol. The van der Waals surface area contributed by atoms with Crippen LogP contribution < -0.4 is 9.47 Å². The molecular formula is C27H29N5O6. The van der Waals surface area contributed by atoms with Crippen LogP contribution >= 0.6 is 0 Å². The fourth-order valence-corrected chi connectivity index (χ4v) is 4.34. The smallest absolute Gasteiger partial charge is 0.392 e. The molecular weight excluding hydrogens is 490 g/mol. The first-order valence-corrected chi connectivity index (χ1v) is 12.3. The van der Waals surface area contributed by atoms with Crippen molar-refractivity contribution < 1.29 is 23.9 Å². The molecule has 198 valence electrons. The molecule has 0 spiro atoms. The second-order valence-corrected chi connectivity index (χ2v) is 8.25. The highest BCUT2D eigenvalue weighted by atomic mass is 16.6. The number of esters is 1. The molecule has 0 bridgehead atoms. The van der Waals surface area contributed by atoms with Gasteiger partial charge in [0.1, 0.15) is 12.1 Å². The summed E-state index contributed by atoms with van der Waals surface area (Å²) in [6, 6.07) is 14.9. The molecule has 0 N–H and O–H groups in total. The van der Waals surface area contributed by atoms with Crippen LogP contribution in [-0.4, -0.2) is 57.1 Å². The minimum absolute atomic E-state index is 0.213. The van der Waals surface area contributed by atoms with Crippen LogP contribution in [0.3, 0.4) is 0 Å². The maximum Gasteiger partial charge on any atom is 0.392 e. The summed E-state index contributed by atoms with van der Waals surface area (Å²) in [6.07, 6.45) is 1.12. The number of hydrogen-bond donors (Lipinski definition) is 0. The summed E-state index contributed by atoms with van der Waals surface area (Å²) in [5.74, 6) is -0.692. The molecule has 0 saturated heterocycles. The van der Waals surface area contributed by atoms with E-state index in [1.165, 1.54) is 7.11 Å². The number of aromatic nitrogens is 3. The Labute approximate surface area is 219 Å². The Bertz CT molecular complexity index is 1450. The summed E-state index contributed by atoms with van der Waals surface area (Å²) in [6.45, 7) is 8.20. The van der Waals surface area contributed by atoms with Crippen molar-refractivity contribution in [3.05, 3.63) is 76.2 Å². The highest BCUT2D eigenvalue weighted by molar-refractivity contribution is 6.07. The average Bonchev–Trinajstić information content (AvgIpc) is 3.24. The van der Waals surface area contributed by atoms with E-state index < -0.39 is 16.6 Å². The summed E-state index contributed by atoms with van der Waals surface area (Å²) in [5.41, 5.74) is 2.35. The summed E-state index contributed by atoms with van der Waals surface area (Å²) in [7, 11) is 1.28. The summed E-state index contributed by atoms with van der Waals surface area (Å²) >= 11 is 0. The monoisotopic (exact) mass is 519 g/mol. The van der Waals surface area contributed by atoms with Gasteiger partial charge in [-0.2, -0.15) is 9.97 Å². The quantitative estimate of drug-likeness (QED) is 0.150. The lowest BCUT2D eigenvalue weighted by atomic mass is 10.1. The normalized spacial score (nSPS) is 11.1. The van der Waals surface area contributed by atoms with Gasteiger partial charge >= 0.3 is 23.4 Å². The van der Waals surface area contributed by atoms with Gasteiger partial charge in [-0.25, -0.2) is 4.79 Å². The molecule has 4 aromatic rings. The number of methoxy groups -OCH3 is 1. The standard InChI is InChI=1S/C27H29N5O6/c1-5-30(6-2)16-22-23(27(33)37-7-3)20-15-19(13-14-21(20)31(22)18-11-9-8-10-12-18)38-26-24(32(34)35)25(36-4)28-17-29-26/h8-15,17H,5-7,16H2,1-4H3. The SMILES string of the molecule is CCOC(=O)c1c(CN(CC)CC)n(-c2ccccc2)c2ccc(Oc3ncnc(OC)c3[N+](=O)[O-])cc12. The molecule has 0 atom stereocenters. The Morgan fingerprint density at radius 3 is 2.39 bits per heavy atom. The molecule has 38 heavy (non-hydrogen) atoms. The highest BCUT2D eigenvalue weighted by Gasteiger charge is 2.28. The third-order valence-corrected chi connectivity index (χ3v) is 6.14. The molecule has 0 aliphatic rings. The van der Waals surface area contributed by atoms with Gasteiger partial charge in [-0.3, -0.25) is 15.0 Å². The Hall–Kier alpha value is -4.51. The molecule has 2 heterocycles. The van der Waals surface area contributed by atoms with Crippen molar-refractivity contribution in [1.82, 2.24) is 19.4 Å². The number of carbonyl (C=O) groups excluding carboxylic acids is 1. The minimum atomic E-state index is -0.662. The van der Waals surface area contributed by atoms with Gasteiger partial charge in [0.2, 0.25) is 0 Å². The first-order valence-electron chi connectivity index (χ1n) is 12.3. The van der Waals surface area contributed by atoms with Crippen LogP contribution in [0.1, 0.15) is 36.8 Å². The van der Waals surface area contributed by atoms with Gasteiger partial charge in [-0.15, -0.1) is 0 Å². The molecule has 0 aliphatic heterocycles. The molecule has 4 rings (SSSR count). The maximum atomic E-state index is 13.4. The summed E-state index contributed by atoms with van der Waals surface area (Å²) in [4.78, 5) is 34.3. The summed E-state index contributed by atoms with van der Waals surface area (Å²) < 4.78 is 18.4. The van der Waals surface area contributed by atoms with Crippen LogP contribution in [0.2, 0.25) is 0 Å². The van der Waals surface area contributed by atoms with Crippen molar-refractivity contribution in [3.63, 3.8) is 0 Å². The molecule has 11 heteroatoms. The number of benzene rings is 2. The molecule has 2 aromatic carbocycles. The number of ether oxygens (including phenoxy) is 3. The van der Waals surface area contributed by atoms with Crippen LogP contribution in [0.25, 0.3) is 16.6 Å². The zero-order valence-electron chi connectivity index (χ0n) is 21.7. The first-order chi connectivity index (χ1) is 18.4. The molecule has 2 aromatic heterocycles.